The van der Waals surface area contributed by atoms with Gasteiger partial charge in [-0.3, -0.25) is 4.79 Å². The Labute approximate surface area is 106 Å². The zero-order valence-electron chi connectivity index (χ0n) is 10.4. The molecule has 0 radical (unpaired) electrons. The summed E-state index contributed by atoms with van der Waals surface area (Å²) < 4.78 is 14.0. The quantitative estimate of drug-likeness (QED) is 0.657. The summed E-state index contributed by atoms with van der Waals surface area (Å²) in [6.45, 7) is 5.68. The fraction of sp³-hybridized carbons (Fsp3) is 0.357. The molecule has 1 aliphatic carbocycles. The molecular formula is C14H17FN2O. The average Bonchev–Trinajstić information content (AvgIpc) is 3.14. The molecule has 0 aliphatic heterocycles. The highest BCUT2D eigenvalue weighted by atomic mass is 19.1. The Hall–Kier alpha value is -1.84. The Bertz CT molecular complexity index is 495. The summed E-state index contributed by atoms with van der Waals surface area (Å²) in [5.74, 6) is -0.783. The molecule has 0 spiro atoms. The number of nitrogens with zero attached hydrogens (tertiary/aromatic N) is 1. The van der Waals surface area contributed by atoms with E-state index in [4.69, 9.17) is 5.73 Å². The molecule has 1 amide bonds. The van der Waals surface area contributed by atoms with E-state index in [1.54, 1.807) is 17.9 Å². The van der Waals surface area contributed by atoms with Gasteiger partial charge in [-0.2, -0.15) is 0 Å². The number of nitrogens with two attached hydrogens (primary N) is 1. The normalized spacial score (nSPS) is 14.3. The fourth-order valence-electron chi connectivity index (χ4n) is 2.03. The van der Waals surface area contributed by atoms with Gasteiger partial charge in [-0.15, -0.1) is 6.58 Å². The van der Waals surface area contributed by atoms with Gasteiger partial charge >= 0.3 is 0 Å². The van der Waals surface area contributed by atoms with Crippen LogP contribution in [0.1, 0.15) is 28.8 Å². The van der Waals surface area contributed by atoms with E-state index in [0.717, 1.165) is 12.8 Å². The minimum absolute atomic E-state index is 0.0567. The van der Waals surface area contributed by atoms with Gasteiger partial charge in [-0.1, -0.05) is 6.08 Å². The number of rotatable bonds is 4. The van der Waals surface area contributed by atoms with E-state index < -0.39 is 5.82 Å². The van der Waals surface area contributed by atoms with Crippen LogP contribution in [0.25, 0.3) is 0 Å². The smallest absolute Gasteiger partial charge is 0.257 e. The topological polar surface area (TPSA) is 46.3 Å². The Morgan fingerprint density at radius 3 is 2.83 bits per heavy atom. The number of anilines is 1. The molecule has 0 atom stereocenters. The number of benzene rings is 1. The molecule has 1 fully saturated rings. The van der Waals surface area contributed by atoms with Crippen LogP contribution in [0.15, 0.2) is 24.8 Å². The fourth-order valence-corrected chi connectivity index (χ4v) is 2.03. The summed E-state index contributed by atoms with van der Waals surface area (Å²) in [5.41, 5.74) is 6.54. The van der Waals surface area contributed by atoms with Crippen LogP contribution in [-0.2, 0) is 0 Å². The molecule has 1 aromatic rings. The van der Waals surface area contributed by atoms with Gasteiger partial charge in [0.1, 0.15) is 5.82 Å². The Balaban J connectivity index is 2.34. The van der Waals surface area contributed by atoms with E-state index in [1.165, 1.54) is 12.1 Å². The van der Waals surface area contributed by atoms with Crippen molar-refractivity contribution < 1.29 is 9.18 Å². The highest BCUT2D eigenvalue weighted by molar-refractivity contribution is 5.96. The molecule has 2 rings (SSSR count). The van der Waals surface area contributed by atoms with Gasteiger partial charge in [-0.25, -0.2) is 4.39 Å². The SMILES string of the molecule is C=CCN(C(=O)c1cc(N)cc(C)c1F)C1CC1. The van der Waals surface area contributed by atoms with Crippen LogP contribution >= 0.6 is 0 Å². The zero-order chi connectivity index (χ0) is 13.3. The highest BCUT2D eigenvalue weighted by Crippen LogP contribution is 2.29. The molecule has 3 nitrogen and oxygen atoms in total. The Kier molecular flexibility index (Phi) is 3.36. The number of carbonyl (C=O) groups excluding carboxylic acids is 1. The van der Waals surface area contributed by atoms with Crippen molar-refractivity contribution in [3.8, 4) is 0 Å². The molecule has 18 heavy (non-hydrogen) atoms. The van der Waals surface area contributed by atoms with Crippen LogP contribution in [0.5, 0.6) is 0 Å². The minimum Gasteiger partial charge on any atom is -0.399 e. The number of carbonyl (C=O) groups is 1. The molecule has 0 heterocycles. The van der Waals surface area contributed by atoms with Crippen molar-refractivity contribution in [2.24, 2.45) is 0 Å². The van der Waals surface area contributed by atoms with Crippen molar-refractivity contribution in [2.75, 3.05) is 12.3 Å². The number of amides is 1. The first-order valence-corrected chi connectivity index (χ1v) is 6.02. The molecule has 1 aromatic carbocycles. The van der Waals surface area contributed by atoms with Crippen LogP contribution in [0.2, 0.25) is 0 Å². The van der Waals surface area contributed by atoms with Gasteiger partial charge in [0.15, 0.2) is 0 Å². The van der Waals surface area contributed by atoms with Gasteiger partial charge in [-0.05, 0) is 37.5 Å². The molecule has 0 bridgehead atoms. The van der Waals surface area contributed by atoms with Gasteiger partial charge in [0.05, 0.1) is 5.56 Å². The number of hydrogen-bond donors (Lipinski definition) is 1. The van der Waals surface area contributed by atoms with Gasteiger partial charge in [0, 0.05) is 18.3 Å². The van der Waals surface area contributed by atoms with E-state index in [1.807, 2.05) is 0 Å². The first kappa shape index (κ1) is 12.6. The maximum Gasteiger partial charge on any atom is 0.257 e. The van der Waals surface area contributed by atoms with E-state index in [2.05, 4.69) is 6.58 Å². The lowest BCUT2D eigenvalue weighted by molar-refractivity contribution is 0.0758. The monoisotopic (exact) mass is 248 g/mol. The second-order valence-corrected chi connectivity index (χ2v) is 4.68. The lowest BCUT2D eigenvalue weighted by atomic mass is 10.1. The second kappa shape index (κ2) is 4.80. The molecule has 2 N–H and O–H groups in total. The number of halogens is 1. The van der Waals surface area contributed by atoms with Crippen LogP contribution in [0.3, 0.4) is 0 Å². The second-order valence-electron chi connectivity index (χ2n) is 4.68. The largest absolute Gasteiger partial charge is 0.399 e. The summed E-state index contributed by atoms with van der Waals surface area (Å²) in [6.07, 6.45) is 3.61. The third kappa shape index (κ3) is 2.37. The lowest BCUT2D eigenvalue weighted by Gasteiger charge is -2.21. The van der Waals surface area contributed by atoms with Gasteiger partial charge < -0.3 is 10.6 Å². The molecule has 96 valence electrons. The molecule has 0 aromatic heterocycles. The number of nitrogen functional groups attached to an aromatic ring is 1. The molecule has 4 heteroatoms. The minimum atomic E-state index is -0.482. The van der Waals surface area contributed by atoms with Gasteiger partial charge in [0.25, 0.3) is 5.91 Å². The standard InChI is InChI=1S/C14H17FN2O/c1-3-6-17(11-4-5-11)14(18)12-8-10(16)7-9(2)13(12)15/h3,7-8,11H,1,4-6,16H2,2H3. The number of aryl methyl sites for hydroxylation is 1. The van der Waals surface area contributed by atoms with E-state index in [-0.39, 0.29) is 17.5 Å². The lowest BCUT2D eigenvalue weighted by Crippen LogP contribution is -2.34. The summed E-state index contributed by atoms with van der Waals surface area (Å²) in [6, 6.07) is 3.15. The average molecular weight is 248 g/mol. The van der Waals surface area contributed by atoms with E-state index in [0.29, 0.717) is 17.8 Å². The summed E-state index contributed by atoms with van der Waals surface area (Å²) in [4.78, 5) is 14.0. The third-order valence-electron chi connectivity index (χ3n) is 3.08. The summed E-state index contributed by atoms with van der Waals surface area (Å²) >= 11 is 0. The predicted molar refractivity (Wildman–Crippen MR) is 69.8 cm³/mol. The van der Waals surface area contributed by atoms with Gasteiger partial charge in [0.2, 0.25) is 0 Å². The van der Waals surface area contributed by atoms with Crippen molar-refractivity contribution in [3.63, 3.8) is 0 Å². The van der Waals surface area contributed by atoms with Crippen LogP contribution in [0.4, 0.5) is 10.1 Å². The maximum atomic E-state index is 14.0. The zero-order valence-corrected chi connectivity index (χ0v) is 10.4. The van der Waals surface area contributed by atoms with Crippen molar-refractivity contribution in [1.29, 1.82) is 0 Å². The summed E-state index contributed by atoms with van der Waals surface area (Å²) in [5, 5.41) is 0. The molecule has 0 saturated heterocycles. The Morgan fingerprint density at radius 2 is 2.28 bits per heavy atom. The first-order chi connectivity index (χ1) is 8.54. The molecular weight excluding hydrogens is 231 g/mol. The van der Waals surface area contributed by atoms with Crippen molar-refractivity contribution >= 4 is 11.6 Å². The van der Waals surface area contributed by atoms with Crippen molar-refractivity contribution in [2.45, 2.75) is 25.8 Å². The molecule has 1 saturated carbocycles. The molecule has 1 aliphatic rings. The number of hydrogen-bond acceptors (Lipinski definition) is 2. The van der Waals surface area contributed by atoms with E-state index >= 15 is 0 Å². The maximum absolute atomic E-state index is 14.0. The van der Waals surface area contributed by atoms with E-state index in [9.17, 15) is 9.18 Å². The predicted octanol–water partition coefficient (Wildman–Crippen LogP) is 2.51. The Morgan fingerprint density at radius 1 is 1.61 bits per heavy atom. The summed E-state index contributed by atoms with van der Waals surface area (Å²) in [7, 11) is 0. The van der Waals surface area contributed by atoms with Crippen molar-refractivity contribution in [3.05, 3.63) is 41.7 Å². The third-order valence-corrected chi connectivity index (χ3v) is 3.08. The van der Waals surface area contributed by atoms with Crippen LogP contribution < -0.4 is 5.73 Å². The highest BCUT2D eigenvalue weighted by Gasteiger charge is 2.33. The van der Waals surface area contributed by atoms with Crippen molar-refractivity contribution in [1.82, 2.24) is 4.90 Å². The van der Waals surface area contributed by atoms with Crippen LogP contribution in [-0.4, -0.2) is 23.4 Å². The first-order valence-electron chi connectivity index (χ1n) is 6.02. The molecule has 0 unspecified atom stereocenters. The van der Waals surface area contributed by atoms with Crippen LogP contribution in [0, 0.1) is 12.7 Å².